The second-order valence-electron chi connectivity index (χ2n) is 9.29. The van der Waals surface area contributed by atoms with Crippen LogP contribution in [0.3, 0.4) is 0 Å². The maximum absolute atomic E-state index is 13.6. The van der Waals surface area contributed by atoms with Crippen molar-refractivity contribution in [2.75, 3.05) is 27.2 Å². The van der Waals surface area contributed by atoms with Crippen LogP contribution in [0.1, 0.15) is 43.6 Å². The molecule has 0 radical (unpaired) electrons. The fourth-order valence-corrected chi connectivity index (χ4v) is 5.12. The molecule has 1 saturated carbocycles. The lowest BCUT2D eigenvalue weighted by Crippen LogP contribution is -2.54. The summed E-state index contributed by atoms with van der Waals surface area (Å²) in [4.78, 5) is 32.6. The van der Waals surface area contributed by atoms with Crippen LogP contribution < -0.4 is 5.73 Å². The molecule has 2 amide bonds. The standard InChI is InChI=1S/C22H30F2N6O2/c1-28(2)20(31)18(19(25)21(32)29-10-9-22(23,24)12-29)15-5-3-14(4-6-15)16-7-8-17-26-13-27-30(17)11-16/h7-8,11,13-15,18-19H,3-6,9-10,12,25H2,1-2H3/t14?,15?,18-,19-/m0/s1. The van der Waals surface area contributed by atoms with Crippen LogP contribution in [0.5, 0.6) is 0 Å². The van der Waals surface area contributed by atoms with Gasteiger partial charge < -0.3 is 15.5 Å². The quantitative estimate of drug-likeness (QED) is 0.754. The van der Waals surface area contributed by atoms with Crippen molar-refractivity contribution in [2.24, 2.45) is 17.6 Å². The summed E-state index contributed by atoms with van der Waals surface area (Å²) >= 11 is 0. The molecule has 0 aromatic carbocycles. The first-order chi connectivity index (χ1) is 15.2. The van der Waals surface area contributed by atoms with Crippen molar-refractivity contribution in [1.82, 2.24) is 24.4 Å². The number of amides is 2. The Morgan fingerprint density at radius 1 is 1.22 bits per heavy atom. The van der Waals surface area contributed by atoms with E-state index >= 15 is 0 Å². The Bertz CT molecular complexity index is 986. The predicted molar refractivity (Wildman–Crippen MR) is 114 cm³/mol. The van der Waals surface area contributed by atoms with Gasteiger partial charge in [0.2, 0.25) is 11.8 Å². The van der Waals surface area contributed by atoms with Gasteiger partial charge in [-0.15, -0.1) is 0 Å². The molecule has 1 aliphatic carbocycles. The van der Waals surface area contributed by atoms with Gasteiger partial charge in [-0.1, -0.05) is 6.07 Å². The lowest BCUT2D eigenvalue weighted by molar-refractivity contribution is -0.144. The fourth-order valence-electron chi connectivity index (χ4n) is 5.12. The van der Waals surface area contributed by atoms with E-state index in [1.54, 1.807) is 18.6 Å². The summed E-state index contributed by atoms with van der Waals surface area (Å²) in [7, 11) is 3.27. The SMILES string of the molecule is CN(C)C(=O)[C@@H](C1CCC(c2ccc3ncnn3c2)CC1)[C@H](N)C(=O)N1CCC(F)(F)C1. The fraction of sp³-hybridized carbons (Fsp3) is 0.636. The van der Waals surface area contributed by atoms with E-state index in [9.17, 15) is 18.4 Å². The van der Waals surface area contributed by atoms with E-state index in [0.29, 0.717) is 5.92 Å². The lowest BCUT2D eigenvalue weighted by atomic mass is 9.71. The van der Waals surface area contributed by atoms with Crippen LogP contribution in [-0.4, -0.2) is 75.4 Å². The molecule has 8 nitrogen and oxygen atoms in total. The Morgan fingerprint density at radius 2 is 1.94 bits per heavy atom. The first-order valence-corrected chi connectivity index (χ1v) is 11.1. The number of hydrogen-bond donors (Lipinski definition) is 1. The number of pyridine rings is 1. The normalized spacial score (nSPS) is 25.0. The molecular weight excluding hydrogens is 418 g/mol. The van der Waals surface area contributed by atoms with Crippen LogP contribution in [0.25, 0.3) is 5.65 Å². The maximum atomic E-state index is 13.6. The van der Waals surface area contributed by atoms with Gasteiger partial charge in [0.1, 0.15) is 6.33 Å². The molecule has 1 aliphatic heterocycles. The van der Waals surface area contributed by atoms with E-state index in [1.165, 1.54) is 11.2 Å². The Hall–Kier alpha value is -2.62. The topological polar surface area (TPSA) is 96.8 Å². The van der Waals surface area contributed by atoms with Crippen molar-refractivity contribution in [3.05, 3.63) is 30.2 Å². The van der Waals surface area contributed by atoms with E-state index in [0.717, 1.165) is 41.8 Å². The van der Waals surface area contributed by atoms with Crippen LogP contribution >= 0.6 is 0 Å². The summed E-state index contributed by atoms with van der Waals surface area (Å²) in [5, 5.41) is 4.19. The molecule has 1 saturated heterocycles. The molecule has 174 valence electrons. The molecule has 2 N–H and O–H groups in total. The Balaban J connectivity index is 1.46. The predicted octanol–water partition coefficient (Wildman–Crippen LogP) is 1.90. The molecule has 3 heterocycles. The summed E-state index contributed by atoms with van der Waals surface area (Å²) in [5.74, 6) is -4.13. The second kappa shape index (κ2) is 8.73. The molecule has 2 aromatic rings. The van der Waals surface area contributed by atoms with E-state index in [-0.39, 0.29) is 24.8 Å². The number of rotatable bonds is 5. The maximum Gasteiger partial charge on any atom is 0.267 e. The highest BCUT2D eigenvalue weighted by atomic mass is 19.3. The molecule has 10 heteroatoms. The molecular formula is C22H30F2N6O2. The summed E-state index contributed by atoms with van der Waals surface area (Å²) < 4.78 is 29.0. The number of nitrogens with two attached hydrogens (primary N) is 1. The first-order valence-electron chi connectivity index (χ1n) is 11.1. The Labute approximate surface area is 185 Å². The number of fused-ring (bicyclic) bond motifs is 1. The number of nitrogens with zero attached hydrogens (tertiary/aromatic N) is 5. The third kappa shape index (κ3) is 4.46. The summed E-state index contributed by atoms with van der Waals surface area (Å²) in [6, 6.07) is 2.87. The van der Waals surface area contributed by atoms with Crippen LogP contribution in [0.15, 0.2) is 24.7 Å². The number of carbonyl (C=O) groups is 2. The molecule has 2 atom stereocenters. The van der Waals surface area contributed by atoms with Gasteiger partial charge >= 0.3 is 0 Å². The summed E-state index contributed by atoms with van der Waals surface area (Å²) in [6.45, 7) is -0.653. The third-order valence-electron chi connectivity index (χ3n) is 6.93. The smallest absolute Gasteiger partial charge is 0.267 e. The minimum absolute atomic E-state index is 0.0279. The molecule has 4 rings (SSSR count). The van der Waals surface area contributed by atoms with Gasteiger partial charge in [0.25, 0.3) is 5.92 Å². The number of aromatic nitrogens is 3. The molecule has 0 spiro atoms. The average molecular weight is 449 g/mol. The molecule has 2 fully saturated rings. The van der Waals surface area contributed by atoms with Crippen LogP contribution in [0, 0.1) is 11.8 Å². The van der Waals surface area contributed by atoms with Crippen molar-refractivity contribution in [3.8, 4) is 0 Å². The van der Waals surface area contributed by atoms with Crippen molar-refractivity contribution < 1.29 is 18.4 Å². The monoisotopic (exact) mass is 448 g/mol. The zero-order valence-corrected chi connectivity index (χ0v) is 18.5. The molecule has 0 unspecified atom stereocenters. The Kier molecular flexibility index (Phi) is 6.15. The van der Waals surface area contributed by atoms with Gasteiger partial charge in [0.15, 0.2) is 5.65 Å². The number of carbonyl (C=O) groups excluding carboxylic acids is 2. The average Bonchev–Trinajstić information content (AvgIpc) is 3.38. The van der Waals surface area contributed by atoms with Gasteiger partial charge in [-0.3, -0.25) is 9.59 Å². The van der Waals surface area contributed by atoms with Crippen molar-refractivity contribution in [2.45, 2.75) is 50.0 Å². The zero-order valence-electron chi connectivity index (χ0n) is 18.5. The molecule has 0 bridgehead atoms. The minimum atomic E-state index is -2.89. The number of alkyl halides is 2. The summed E-state index contributed by atoms with van der Waals surface area (Å²) in [6.07, 6.45) is 6.32. The molecule has 32 heavy (non-hydrogen) atoms. The van der Waals surface area contributed by atoms with E-state index in [1.807, 2.05) is 12.3 Å². The van der Waals surface area contributed by atoms with Gasteiger partial charge in [0.05, 0.1) is 18.5 Å². The van der Waals surface area contributed by atoms with Crippen molar-refractivity contribution in [3.63, 3.8) is 0 Å². The third-order valence-corrected chi connectivity index (χ3v) is 6.93. The van der Waals surface area contributed by atoms with Gasteiger partial charge in [-0.2, -0.15) is 5.10 Å². The van der Waals surface area contributed by atoms with Gasteiger partial charge in [-0.25, -0.2) is 18.3 Å². The number of likely N-dealkylation sites (tertiary alicyclic amines) is 1. The highest BCUT2D eigenvalue weighted by Gasteiger charge is 2.46. The van der Waals surface area contributed by atoms with Gasteiger partial charge in [-0.05, 0) is 49.1 Å². The zero-order chi connectivity index (χ0) is 23.0. The molecule has 2 aliphatic rings. The van der Waals surface area contributed by atoms with Crippen molar-refractivity contribution >= 4 is 17.5 Å². The minimum Gasteiger partial charge on any atom is -0.349 e. The Morgan fingerprint density at radius 3 is 2.56 bits per heavy atom. The van der Waals surface area contributed by atoms with Crippen LogP contribution in [0.4, 0.5) is 8.78 Å². The molecule has 2 aromatic heterocycles. The number of hydrogen-bond acceptors (Lipinski definition) is 5. The second-order valence-corrected chi connectivity index (χ2v) is 9.29. The number of halogens is 2. The summed E-state index contributed by atoms with van der Waals surface area (Å²) in [5.41, 5.74) is 8.24. The lowest BCUT2D eigenvalue weighted by Gasteiger charge is -2.37. The van der Waals surface area contributed by atoms with E-state index in [2.05, 4.69) is 16.1 Å². The van der Waals surface area contributed by atoms with Gasteiger partial charge in [0, 0.05) is 33.3 Å². The first kappa shape index (κ1) is 22.6. The highest BCUT2D eigenvalue weighted by molar-refractivity contribution is 5.90. The largest absolute Gasteiger partial charge is 0.349 e. The van der Waals surface area contributed by atoms with Crippen molar-refractivity contribution in [1.29, 1.82) is 0 Å². The highest BCUT2D eigenvalue weighted by Crippen LogP contribution is 2.40. The van der Waals surface area contributed by atoms with E-state index in [4.69, 9.17) is 5.73 Å². The van der Waals surface area contributed by atoms with Crippen LogP contribution in [-0.2, 0) is 9.59 Å². The van der Waals surface area contributed by atoms with Crippen LogP contribution in [0.2, 0.25) is 0 Å². The van der Waals surface area contributed by atoms with E-state index < -0.39 is 30.3 Å².